The van der Waals surface area contributed by atoms with E-state index in [0.29, 0.717) is 13.0 Å². The normalized spacial score (nSPS) is 9.92. The zero-order valence-corrected chi connectivity index (χ0v) is 8.60. The molecule has 0 spiro atoms. The molecule has 3 heteroatoms. The Kier molecular flexibility index (Phi) is 4.54. The lowest BCUT2D eigenvalue weighted by atomic mass is 10.2. The van der Waals surface area contributed by atoms with E-state index in [0.717, 1.165) is 12.8 Å². The Morgan fingerprint density at radius 1 is 1.62 bits per heavy atom. The molecule has 1 aromatic heterocycles. The van der Waals surface area contributed by atoms with Crippen molar-refractivity contribution in [3.05, 3.63) is 22.4 Å². The van der Waals surface area contributed by atoms with E-state index in [1.54, 1.807) is 11.3 Å². The average Bonchev–Trinajstić information content (AvgIpc) is 2.57. The van der Waals surface area contributed by atoms with Crippen molar-refractivity contribution < 1.29 is 9.53 Å². The second-order valence-corrected chi connectivity index (χ2v) is 3.63. The number of thiophene rings is 1. The van der Waals surface area contributed by atoms with Crippen molar-refractivity contribution in [2.75, 3.05) is 6.61 Å². The Hall–Kier alpha value is -0.830. The Balaban J connectivity index is 2.11. The standard InChI is InChI=1S/C10H14O2S/c1-2-3-10(11)12-6-4-9-5-7-13-8-9/h5,7-8H,2-4,6H2,1H3. The van der Waals surface area contributed by atoms with Crippen LogP contribution < -0.4 is 0 Å². The minimum atomic E-state index is -0.0854. The molecule has 1 rings (SSSR count). The van der Waals surface area contributed by atoms with Gasteiger partial charge in [-0.15, -0.1) is 0 Å². The SMILES string of the molecule is CCCC(=O)OCCc1ccsc1. The van der Waals surface area contributed by atoms with E-state index in [1.165, 1.54) is 5.56 Å². The Bertz CT molecular complexity index is 241. The minimum Gasteiger partial charge on any atom is -0.465 e. The molecule has 0 bridgehead atoms. The second kappa shape index (κ2) is 5.75. The smallest absolute Gasteiger partial charge is 0.305 e. The van der Waals surface area contributed by atoms with E-state index < -0.39 is 0 Å². The highest BCUT2D eigenvalue weighted by atomic mass is 32.1. The fourth-order valence-corrected chi connectivity index (χ4v) is 1.70. The van der Waals surface area contributed by atoms with Gasteiger partial charge >= 0.3 is 5.97 Å². The van der Waals surface area contributed by atoms with Crippen molar-refractivity contribution in [3.63, 3.8) is 0 Å². The van der Waals surface area contributed by atoms with Gasteiger partial charge in [-0.25, -0.2) is 0 Å². The molecule has 13 heavy (non-hydrogen) atoms. The van der Waals surface area contributed by atoms with E-state index in [-0.39, 0.29) is 5.97 Å². The molecule has 2 nitrogen and oxygen atoms in total. The highest BCUT2D eigenvalue weighted by Crippen LogP contribution is 2.06. The largest absolute Gasteiger partial charge is 0.465 e. The van der Waals surface area contributed by atoms with Gasteiger partial charge in [-0.2, -0.15) is 11.3 Å². The Morgan fingerprint density at radius 3 is 3.08 bits per heavy atom. The van der Waals surface area contributed by atoms with Crippen molar-refractivity contribution in [1.82, 2.24) is 0 Å². The van der Waals surface area contributed by atoms with Crippen LogP contribution in [0.3, 0.4) is 0 Å². The molecule has 0 fully saturated rings. The van der Waals surface area contributed by atoms with Gasteiger partial charge in [-0.1, -0.05) is 6.92 Å². The summed E-state index contributed by atoms with van der Waals surface area (Å²) in [6.45, 7) is 2.48. The summed E-state index contributed by atoms with van der Waals surface area (Å²) in [6.07, 6.45) is 2.22. The fourth-order valence-electron chi connectivity index (χ4n) is 0.994. The van der Waals surface area contributed by atoms with Gasteiger partial charge in [0.1, 0.15) is 0 Å². The van der Waals surface area contributed by atoms with Gasteiger partial charge in [-0.3, -0.25) is 4.79 Å². The third-order valence-corrected chi connectivity index (χ3v) is 2.42. The van der Waals surface area contributed by atoms with Crippen molar-refractivity contribution in [1.29, 1.82) is 0 Å². The van der Waals surface area contributed by atoms with Crippen molar-refractivity contribution >= 4 is 17.3 Å². The number of carbonyl (C=O) groups is 1. The second-order valence-electron chi connectivity index (χ2n) is 2.85. The number of carbonyl (C=O) groups excluding carboxylic acids is 1. The Morgan fingerprint density at radius 2 is 2.46 bits per heavy atom. The lowest BCUT2D eigenvalue weighted by molar-refractivity contribution is -0.143. The molecule has 1 aromatic rings. The first-order valence-corrected chi connectivity index (χ1v) is 5.44. The summed E-state index contributed by atoms with van der Waals surface area (Å²) in [4.78, 5) is 11.0. The van der Waals surface area contributed by atoms with E-state index in [1.807, 2.05) is 12.3 Å². The Labute approximate surface area is 82.5 Å². The van der Waals surface area contributed by atoms with Crippen LogP contribution in [0.25, 0.3) is 0 Å². The molecular formula is C10H14O2S. The van der Waals surface area contributed by atoms with E-state index in [9.17, 15) is 4.79 Å². The number of esters is 1. The van der Waals surface area contributed by atoms with E-state index in [4.69, 9.17) is 4.74 Å². The lowest BCUT2D eigenvalue weighted by Gasteiger charge is -2.01. The first kappa shape index (κ1) is 10.3. The van der Waals surface area contributed by atoms with Gasteiger partial charge in [-0.05, 0) is 28.8 Å². The van der Waals surface area contributed by atoms with Gasteiger partial charge in [0.15, 0.2) is 0 Å². The van der Waals surface area contributed by atoms with Crippen LogP contribution in [-0.2, 0) is 16.0 Å². The molecule has 0 amide bonds. The summed E-state index contributed by atoms with van der Waals surface area (Å²) in [5.74, 6) is -0.0854. The zero-order chi connectivity index (χ0) is 9.52. The quantitative estimate of drug-likeness (QED) is 0.680. The summed E-state index contributed by atoms with van der Waals surface area (Å²) in [5, 5.41) is 4.11. The summed E-state index contributed by atoms with van der Waals surface area (Å²) in [6, 6.07) is 2.05. The van der Waals surface area contributed by atoms with Crippen LogP contribution in [-0.4, -0.2) is 12.6 Å². The van der Waals surface area contributed by atoms with Gasteiger partial charge in [0.25, 0.3) is 0 Å². The summed E-state index contributed by atoms with van der Waals surface area (Å²) in [7, 11) is 0. The first-order valence-electron chi connectivity index (χ1n) is 4.49. The first-order chi connectivity index (χ1) is 6.33. The average molecular weight is 198 g/mol. The van der Waals surface area contributed by atoms with Crippen LogP contribution in [0, 0.1) is 0 Å². The number of hydrogen-bond acceptors (Lipinski definition) is 3. The summed E-state index contributed by atoms with van der Waals surface area (Å²) in [5.41, 5.74) is 1.24. The molecule has 0 saturated carbocycles. The highest BCUT2D eigenvalue weighted by Gasteiger charge is 2.00. The van der Waals surface area contributed by atoms with Crippen LogP contribution in [0.1, 0.15) is 25.3 Å². The molecule has 0 N–H and O–H groups in total. The van der Waals surface area contributed by atoms with E-state index >= 15 is 0 Å². The van der Waals surface area contributed by atoms with Crippen LogP contribution in [0.5, 0.6) is 0 Å². The number of hydrogen-bond donors (Lipinski definition) is 0. The zero-order valence-electron chi connectivity index (χ0n) is 7.79. The van der Waals surface area contributed by atoms with Gasteiger partial charge in [0, 0.05) is 12.8 Å². The maximum atomic E-state index is 11.0. The monoisotopic (exact) mass is 198 g/mol. The molecule has 0 saturated heterocycles. The maximum absolute atomic E-state index is 11.0. The summed E-state index contributed by atoms with van der Waals surface area (Å²) >= 11 is 1.67. The van der Waals surface area contributed by atoms with Crippen LogP contribution in [0.15, 0.2) is 16.8 Å². The summed E-state index contributed by atoms with van der Waals surface area (Å²) < 4.78 is 5.02. The molecule has 0 aliphatic heterocycles. The van der Waals surface area contributed by atoms with Crippen molar-refractivity contribution in [3.8, 4) is 0 Å². The molecule has 72 valence electrons. The molecule has 0 aromatic carbocycles. The third kappa shape index (κ3) is 4.08. The van der Waals surface area contributed by atoms with Crippen molar-refractivity contribution in [2.45, 2.75) is 26.2 Å². The van der Waals surface area contributed by atoms with Crippen LogP contribution in [0.2, 0.25) is 0 Å². The van der Waals surface area contributed by atoms with Gasteiger partial charge in [0.2, 0.25) is 0 Å². The molecule has 0 unspecified atom stereocenters. The fraction of sp³-hybridized carbons (Fsp3) is 0.500. The number of ether oxygens (including phenoxy) is 1. The third-order valence-electron chi connectivity index (χ3n) is 1.69. The predicted octanol–water partition coefficient (Wildman–Crippen LogP) is 2.63. The number of rotatable bonds is 5. The predicted molar refractivity (Wildman–Crippen MR) is 53.9 cm³/mol. The molecule has 0 aliphatic carbocycles. The molecular weight excluding hydrogens is 184 g/mol. The molecule has 1 heterocycles. The van der Waals surface area contributed by atoms with Crippen LogP contribution in [0.4, 0.5) is 0 Å². The van der Waals surface area contributed by atoms with E-state index in [2.05, 4.69) is 11.4 Å². The van der Waals surface area contributed by atoms with Crippen molar-refractivity contribution in [2.24, 2.45) is 0 Å². The van der Waals surface area contributed by atoms with Crippen LogP contribution >= 0.6 is 11.3 Å². The highest BCUT2D eigenvalue weighted by molar-refractivity contribution is 7.07. The van der Waals surface area contributed by atoms with Gasteiger partial charge in [0.05, 0.1) is 6.61 Å². The molecule has 0 atom stereocenters. The van der Waals surface area contributed by atoms with Gasteiger partial charge < -0.3 is 4.74 Å². The topological polar surface area (TPSA) is 26.3 Å². The molecule has 0 aliphatic rings. The minimum absolute atomic E-state index is 0.0854. The lowest BCUT2D eigenvalue weighted by Crippen LogP contribution is -2.06. The maximum Gasteiger partial charge on any atom is 0.305 e. The molecule has 0 radical (unpaired) electrons.